The maximum atomic E-state index is 11.7. The van der Waals surface area contributed by atoms with Gasteiger partial charge in [-0.1, -0.05) is 6.07 Å². The molecule has 94 valence electrons. The summed E-state index contributed by atoms with van der Waals surface area (Å²) >= 11 is 5.60. The van der Waals surface area contributed by atoms with Gasteiger partial charge in [0.15, 0.2) is 5.76 Å². The number of rotatable bonds is 5. The number of hydrogen-bond donors (Lipinski definition) is 1. The summed E-state index contributed by atoms with van der Waals surface area (Å²) in [6.45, 7) is 0.521. The number of alkyl halides is 1. The fourth-order valence-corrected chi connectivity index (χ4v) is 1.65. The molecule has 0 spiro atoms. The molecule has 1 N–H and O–H groups in total. The Morgan fingerprint density at radius 3 is 2.89 bits per heavy atom. The molecule has 0 radical (unpaired) electrons. The van der Waals surface area contributed by atoms with Crippen LogP contribution >= 0.6 is 11.6 Å². The minimum Gasteiger partial charge on any atom is -0.455 e. The molecular formula is C13H13ClN2O2. The molecule has 2 rings (SSSR count). The highest BCUT2D eigenvalue weighted by atomic mass is 35.5. The molecule has 0 saturated heterocycles. The number of nitrogens with zero attached hydrogens (tertiary/aromatic N) is 1. The largest absolute Gasteiger partial charge is 0.455 e. The Balaban J connectivity index is 1.81. The van der Waals surface area contributed by atoms with Crippen LogP contribution in [0.4, 0.5) is 0 Å². The van der Waals surface area contributed by atoms with Crippen LogP contribution in [-0.2, 0) is 12.3 Å². The summed E-state index contributed by atoms with van der Waals surface area (Å²) < 4.78 is 5.24. The second kappa shape index (κ2) is 6.21. The quantitative estimate of drug-likeness (QED) is 0.844. The van der Waals surface area contributed by atoms with Crippen LogP contribution in [0.1, 0.15) is 22.0 Å². The van der Waals surface area contributed by atoms with Crippen molar-refractivity contribution in [2.45, 2.75) is 12.3 Å². The fourth-order valence-electron chi connectivity index (χ4n) is 1.51. The van der Waals surface area contributed by atoms with Crippen LogP contribution in [-0.4, -0.2) is 17.4 Å². The van der Waals surface area contributed by atoms with Crippen LogP contribution in [0.2, 0.25) is 0 Å². The summed E-state index contributed by atoms with van der Waals surface area (Å²) in [5.41, 5.74) is 0.943. The first kappa shape index (κ1) is 12.6. The molecule has 0 atom stereocenters. The van der Waals surface area contributed by atoms with E-state index in [1.165, 1.54) is 0 Å². The monoisotopic (exact) mass is 264 g/mol. The van der Waals surface area contributed by atoms with Gasteiger partial charge in [-0.3, -0.25) is 9.78 Å². The summed E-state index contributed by atoms with van der Waals surface area (Å²) in [4.78, 5) is 15.9. The third-order valence-corrected chi connectivity index (χ3v) is 2.67. The molecule has 2 aromatic heterocycles. The second-order valence-electron chi connectivity index (χ2n) is 3.73. The van der Waals surface area contributed by atoms with Gasteiger partial charge in [-0.2, -0.15) is 0 Å². The maximum Gasteiger partial charge on any atom is 0.287 e. The molecule has 0 aliphatic rings. The van der Waals surface area contributed by atoms with E-state index < -0.39 is 0 Å². The number of nitrogens with one attached hydrogen (secondary N) is 1. The number of amides is 1. The summed E-state index contributed by atoms with van der Waals surface area (Å²) in [5.74, 6) is 0.904. The van der Waals surface area contributed by atoms with Gasteiger partial charge in [0.2, 0.25) is 0 Å². The van der Waals surface area contributed by atoms with Gasteiger partial charge in [0.25, 0.3) is 5.91 Å². The summed E-state index contributed by atoms with van der Waals surface area (Å²) in [6, 6.07) is 9.02. The van der Waals surface area contributed by atoms with E-state index in [4.69, 9.17) is 16.0 Å². The Kier molecular flexibility index (Phi) is 4.36. The molecule has 0 unspecified atom stereocenters. The van der Waals surface area contributed by atoms with Crippen molar-refractivity contribution in [2.75, 3.05) is 6.54 Å². The minimum absolute atomic E-state index is 0.234. The van der Waals surface area contributed by atoms with Crippen molar-refractivity contribution < 1.29 is 9.21 Å². The van der Waals surface area contributed by atoms with Crippen molar-refractivity contribution in [2.24, 2.45) is 0 Å². The van der Waals surface area contributed by atoms with Crippen LogP contribution in [0.25, 0.3) is 0 Å². The molecule has 4 nitrogen and oxygen atoms in total. The van der Waals surface area contributed by atoms with Gasteiger partial charge in [-0.15, -0.1) is 11.6 Å². The zero-order chi connectivity index (χ0) is 12.8. The molecule has 5 heteroatoms. The number of aromatic nitrogens is 1. The van der Waals surface area contributed by atoms with E-state index in [-0.39, 0.29) is 17.5 Å². The van der Waals surface area contributed by atoms with Gasteiger partial charge in [0, 0.05) is 24.9 Å². The molecule has 0 aliphatic carbocycles. The minimum atomic E-state index is -0.234. The van der Waals surface area contributed by atoms with Crippen LogP contribution in [0.15, 0.2) is 40.9 Å². The smallest absolute Gasteiger partial charge is 0.287 e. The highest BCUT2D eigenvalue weighted by Gasteiger charge is 2.09. The lowest BCUT2D eigenvalue weighted by Gasteiger charge is -2.02. The number of hydrogen-bond acceptors (Lipinski definition) is 3. The molecule has 0 aliphatic heterocycles. The van der Waals surface area contributed by atoms with Crippen LogP contribution in [0.3, 0.4) is 0 Å². The Morgan fingerprint density at radius 1 is 1.33 bits per heavy atom. The van der Waals surface area contributed by atoms with Crippen molar-refractivity contribution in [3.63, 3.8) is 0 Å². The highest BCUT2D eigenvalue weighted by molar-refractivity contribution is 6.16. The number of carbonyl (C=O) groups excluding carboxylic acids is 1. The predicted molar refractivity (Wildman–Crippen MR) is 68.5 cm³/mol. The van der Waals surface area contributed by atoms with Crippen LogP contribution < -0.4 is 5.32 Å². The van der Waals surface area contributed by atoms with Crippen LogP contribution in [0.5, 0.6) is 0 Å². The van der Waals surface area contributed by atoms with Gasteiger partial charge < -0.3 is 9.73 Å². The molecular weight excluding hydrogens is 252 g/mol. The SMILES string of the molecule is O=C(NCCc1ccccn1)c1ccc(CCl)o1. The predicted octanol–water partition coefficient (Wildman–Crippen LogP) is 2.39. The lowest BCUT2D eigenvalue weighted by Crippen LogP contribution is -2.25. The van der Waals surface area contributed by atoms with E-state index in [0.717, 1.165) is 5.69 Å². The Labute approximate surface area is 110 Å². The van der Waals surface area contributed by atoms with E-state index in [1.807, 2.05) is 18.2 Å². The molecule has 0 fully saturated rings. The fraction of sp³-hybridized carbons (Fsp3) is 0.231. The lowest BCUT2D eigenvalue weighted by atomic mass is 10.2. The van der Waals surface area contributed by atoms with Crippen LogP contribution in [0, 0.1) is 0 Å². The second-order valence-corrected chi connectivity index (χ2v) is 3.99. The van der Waals surface area contributed by atoms with E-state index in [9.17, 15) is 4.79 Å². The first-order valence-electron chi connectivity index (χ1n) is 5.62. The molecule has 2 aromatic rings. The molecule has 0 saturated carbocycles. The number of furan rings is 1. The molecule has 1 amide bonds. The average molecular weight is 265 g/mol. The normalized spacial score (nSPS) is 10.3. The van der Waals surface area contributed by atoms with Crippen molar-refractivity contribution in [1.29, 1.82) is 0 Å². The Bertz CT molecular complexity index is 511. The maximum absolute atomic E-state index is 11.7. The highest BCUT2D eigenvalue weighted by Crippen LogP contribution is 2.09. The van der Waals surface area contributed by atoms with E-state index in [1.54, 1.807) is 18.3 Å². The third kappa shape index (κ3) is 3.34. The van der Waals surface area contributed by atoms with Crippen molar-refractivity contribution in [3.05, 3.63) is 53.7 Å². The van der Waals surface area contributed by atoms with Crippen molar-refractivity contribution in [3.8, 4) is 0 Å². The van der Waals surface area contributed by atoms with Crippen molar-refractivity contribution >= 4 is 17.5 Å². The first-order valence-corrected chi connectivity index (χ1v) is 6.16. The zero-order valence-corrected chi connectivity index (χ0v) is 10.5. The van der Waals surface area contributed by atoms with E-state index in [2.05, 4.69) is 10.3 Å². The van der Waals surface area contributed by atoms with Gasteiger partial charge in [0.05, 0.1) is 5.88 Å². The van der Waals surface area contributed by atoms with Gasteiger partial charge >= 0.3 is 0 Å². The number of pyridine rings is 1. The third-order valence-electron chi connectivity index (χ3n) is 2.41. The zero-order valence-electron chi connectivity index (χ0n) is 9.73. The van der Waals surface area contributed by atoms with Gasteiger partial charge in [-0.25, -0.2) is 0 Å². The number of halogens is 1. The molecule has 2 heterocycles. The standard InChI is InChI=1S/C13H13ClN2O2/c14-9-11-4-5-12(18-11)13(17)16-8-6-10-3-1-2-7-15-10/h1-5,7H,6,8-9H2,(H,16,17). The molecule has 0 bridgehead atoms. The number of carbonyl (C=O) groups is 1. The Hall–Kier alpha value is -1.81. The lowest BCUT2D eigenvalue weighted by molar-refractivity contribution is 0.0925. The van der Waals surface area contributed by atoms with Gasteiger partial charge in [0.1, 0.15) is 5.76 Å². The van der Waals surface area contributed by atoms with Crippen molar-refractivity contribution in [1.82, 2.24) is 10.3 Å². The summed E-state index contributed by atoms with van der Waals surface area (Å²) in [7, 11) is 0. The molecule has 18 heavy (non-hydrogen) atoms. The average Bonchev–Trinajstić information content (AvgIpc) is 2.89. The van der Waals surface area contributed by atoms with Gasteiger partial charge in [-0.05, 0) is 24.3 Å². The summed E-state index contributed by atoms with van der Waals surface area (Å²) in [6.07, 6.45) is 2.42. The molecule has 0 aromatic carbocycles. The first-order chi connectivity index (χ1) is 8.79. The summed E-state index contributed by atoms with van der Waals surface area (Å²) in [5, 5.41) is 2.77. The van der Waals surface area contributed by atoms with E-state index >= 15 is 0 Å². The van der Waals surface area contributed by atoms with E-state index in [0.29, 0.717) is 18.7 Å². The topological polar surface area (TPSA) is 55.1 Å². The Morgan fingerprint density at radius 2 is 2.22 bits per heavy atom.